The molecular weight excluding hydrogens is 512 g/mol. The summed E-state index contributed by atoms with van der Waals surface area (Å²) in [5, 5.41) is 8.01. The molecule has 10 heteroatoms. The van der Waals surface area contributed by atoms with Crippen LogP contribution in [0.25, 0.3) is 0 Å². The summed E-state index contributed by atoms with van der Waals surface area (Å²) in [5.41, 5.74) is 1.03. The lowest BCUT2D eigenvalue weighted by atomic mass is 10.0. The van der Waals surface area contributed by atoms with Crippen molar-refractivity contribution in [3.05, 3.63) is 60.2 Å². The minimum Gasteiger partial charge on any atom is -0.467 e. The van der Waals surface area contributed by atoms with Crippen molar-refractivity contribution in [3.8, 4) is 11.8 Å². The van der Waals surface area contributed by atoms with E-state index in [1.54, 1.807) is 78.1 Å². The number of anilines is 2. The van der Waals surface area contributed by atoms with Crippen molar-refractivity contribution in [2.45, 2.75) is 58.7 Å². The Morgan fingerprint density at radius 2 is 1.57 bits per heavy atom. The SMILES string of the molecule is COC(=O)[C@H](CC#Cc1ccccc1N(C)C(=O)Nc1ccccc1)NC(=O)[C@@H](NC(=O)OC(C)(C)C)C(C)C. The Hall–Kier alpha value is -4.52. The van der Waals surface area contributed by atoms with Crippen molar-refractivity contribution < 1.29 is 28.7 Å². The first kappa shape index (κ1) is 31.7. The van der Waals surface area contributed by atoms with Crippen LogP contribution in [0, 0.1) is 17.8 Å². The Morgan fingerprint density at radius 1 is 0.950 bits per heavy atom. The van der Waals surface area contributed by atoms with Gasteiger partial charge in [0.2, 0.25) is 5.91 Å². The lowest BCUT2D eigenvalue weighted by Gasteiger charge is -2.26. The van der Waals surface area contributed by atoms with Gasteiger partial charge in [-0.3, -0.25) is 9.69 Å². The fraction of sp³-hybridized carbons (Fsp3) is 0.400. The molecule has 0 heterocycles. The Kier molecular flexibility index (Phi) is 11.6. The second-order valence-electron chi connectivity index (χ2n) is 10.3. The summed E-state index contributed by atoms with van der Waals surface area (Å²) < 4.78 is 10.1. The predicted octanol–water partition coefficient (Wildman–Crippen LogP) is 4.30. The molecule has 3 N–H and O–H groups in total. The van der Waals surface area contributed by atoms with Crippen LogP contribution in [0.3, 0.4) is 0 Å². The van der Waals surface area contributed by atoms with Crippen LogP contribution in [0.4, 0.5) is 21.0 Å². The standard InChI is InChI=1S/C30H38N4O6/c1-20(2)25(33-29(38)40-30(3,4)5)26(35)32-23(27(36)39-7)18-13-15-21-14-11-12-19-24(21)34(6)28(37)31-22-16-9-8-10-17-22/h8-12,14,16-17,19-20,23,25H,18H2,1-7H3,(H,31,37)(H,32,35)(H,33,38)/t23-,25-/m0/s1. The van der Waals surface area contributed by atoms with Gasteiger partial charge in [0.1, 0.15) is 17.7 Å². The van der Waals surface area contributed by atoms with Gasteiger partial charge < -0.3 is 25.4 Å². The number of para-hydroxylation sites is 2. The summed E-state index contributed by atoms with van der Waals surface area (Å²) in [4.78, 5) is 52.0. The molecule has 0 saturated carbocycles. The molecule has 0 radical (unpaired) electrons. The summed E-state index contributed by atoms with van der Waals surface area (Å²) in [6.07, 6.45) is -0.808. The van der Waals surface area contributed by atoms with Crippen LogP contribution >= 0.6 is 0 Å². The molecule has 2 atom stereocenters. The van der Waals surface area contributed by atoms with E-state index in [0.717, 1.165) is 0 Å². The van der Waals surface area contributed by atoms with E-state index < -0.39 is 35.7 Å². The Labute approximate surface area is 235 Å². The third kappa shape index (κ3) is 9.98. The van der Waals surface area contributed by atoms with Crippen LogP contribution in [-0.4, -0.2) is 55.8 Å². The Morgan fingerprint density at radius 3 is 2.17 bits per heavy atom. The second-order valence-corrected chi connectivity index (χ2v) is 10.3. The fourth-order valence-electron chi connectivity index (χ4n) is 3.52. The number of alkyl carbamates (subject to hydrolysis) is 1. The maximum absolute atomic E-state index is 13.0. The summed E-state index contributed by atoms with van der Waals surface area (Å²) in [6.45, 7) is 8.67. The largest absolute Gasteiger partial charge is 0.467 e. The minimum absolute atomic E-state index is 0.0655. The van der Waals surface area contributed by atoms with Gasteiger partial charge in [-0.05, 0) is 51.0 Å². The van der Waals surface area contributed by atoms with Gasteiger partial charge in [0.25, 0.3) is 0 Å². The number of hydrogen-bond acceptors (Lipinski definition) is 6. The van der Waals surface area contributed by atoms with Gasteiger partial charge in [0.05, 0.1) is 12.8 Å². The quantitative estimate of drug-likeness (QED) is 0.332. The Bertz CT molecular complexity index is 1240. The highest BCUT2D eigenvalue weighted by Gasteiger charge is 2.30. The zero-order chi connectivity index (χ0) is 29.9. The van der Waals surface area contributed by atoms with Crippen molar-refractivity contribution in [2.24, 2.45) is 5.92 Å². The summed E-state index contributed by atoms with van der Waals surface area (Å²) in [5.74, 6) is 4.35. The number of rotatable bonds is 8. The molecule has 0 aliphatic rings. The number of amides is 4. The molecule has 10 nitrogen and oxygen atoms in total. The minimum atomic E-state index is -1.09. The van der Waals surface area contributed by atoms with Crippen LogP contribution < -0.4 is 20.9 Å². The molecule has 40 heavy (non-hydrogen) atoms. The van der Waals surface area contributed by atoms with Gasteiger partial charge in [-0.1, -0.05) is 56.0 Å². The highest BCUT2D eigenvalue weighted by atomic mass is 16.6. The predicted molar refractivity (Wildman–Crippen MR) is 154 cm³/mol. The van der Waals surface area contributed by atoms with Gasteiger partial charge in [-0.15, -0.1) is 0 Å². The first-order valence-electron chi connectivity index (χ1n) is 12.9. The average molecular weight is 551 g/mol. The van der Waals surface area contributed by atoms with Crippen molar-refractivity contribution in [2.75, 3.05) is 24.4 Å². The highest BCUT2D eigenvalue weighted by Crippen LogP contribution is 2.20. The summed E-state index contributed by atoms with van der Waals surface area (Å²) in [7, 11) is 2.84. The molecule has 0 aliphatic heterocycles. The molecule has 2 aromatic rings. The first-order chi connectivity index (χ1) is 18.8. The van der Waals surface area contributed by atoms with Crippen LogP contribution in [0.15, 0.2) is 54.6 Å². The van der Waals surface area contributed by atoms with E-state index in [9.17, 15) is 19.2 Å². The zero-order valence-corrected chi connectivity index (χ0v) is 24.0. The molecule has 0 bridgehead atoms. The number of benzene rings is 2. The molecule has 2 rings (SSSR count). The van der Waals surface area contributed by atoms with Gasteiger partial charge in [-0.2, -0.15) is 0 Å². The normalized spacial score (nSPS) is 12.2. The van der Waals surface area contributed by atoms with E-state index in [1.165, 1.54) is 12.0 Å². The molecule has 0 aliphatic carbocycles. The first-order valence-corrected chi connectivity index (χ1v) is 12.9. The number of hydrogen-bond donors (Lipinski definition) is 3. The van der Waals surface area contributed by atoms with E-state index in [2.05, 4.69) is 27.8 Å². The second kappa shape index (κ2) is 14.6. The van der Waals surface area contributed by atoms with Gasteiger partial charge in [-0.25, -0.2) is 14.4 Å². The zero-order valence-electron chi connectivity index (χ0n) is 24.0. The maximum atomic E-state index is 13.0. The number of methoxy groups -OCH3 is 1. The van der Waals surface area contributed by atoms with Gasteiger partial charge in [0.15, 0.2) is 0 Å². The van der Waals surface area contributed by atoms with Crippen LogP contribution in [0.1, 0.15) is 46.6 Å². The summed E-state index contributed by atoms with van der Waals surface area (Å²) >= 11 is 0. The van der Waals surface area contributed by atoms with Crippen molar-refractivity contribution >= 4 is 35.4 Å². The van der Waals surface area contributed by atoms with Gasteiger partial charge in [0, 0.05) is 24.7 Å². The van der Waals surface area contributed by atoms with Gasteiger partial charge >= 0.3 is 18.1 Å². The molecule has 2 aromatic carbocycles. The molecule has 4 amide bonds. The average Bonchev–Trinajstić information content (AvgIpc) is 2.89. The third-order valence-electron chi connectivity index (χ3n) is 5.55. The lowest BCUT2D eigenvalue weighted by Crippen LogP contribution is -2.54. The summed E-state index contributed by atoms with van der Waals surface area (Å²) in [6, 6.07) is 13.8. The lowest BCUT2D eigenvalue weighted by molar-refractivity contribution is -0.145. The van der Waals surface area contributed by atoms with E-state index in [1.807, 2.05) is 18.2 Å². The number of carbonyl (C=O) groups is 4. The molecular formula is C30H38N4O6. The van der Waals surface area contributed by atoms with Crippen molar-refractivity contribution in [1.29, 1.82) is 0 Å². The number of ether oxygens (including phenoxy) is 2. The molecule has 214 valence electrons. The Balaban J connectivity index is 2.17. The third-order valence-corrected chi connectivity index (χ3v) is 5.55. The van der Waals surface area contributed by atoms with Crippen molar-refractivity contribution in [3.63, 3.8) is 0 Å². The van der Waals surface area contributed by atoms with Crippen LogP contribution in [0.5, 0.6) is 0 Å². The molecule has 0 fully saturated rings. The molecule has 0 saturated heterocycles. The number of nitrogens with one attached hydrogen (secondary N) is 3. The topological polar surface area (TPSA) is 126 Å². The van der Waals surface area contributed by atoms with E-state index in [-0.39, 0.29) is 18.4 Å². The fourth-order valence-corrected chi connectivity index (χ4v) is 3.52. The monoisotopic (exact) mass is 550 g/mol. The molecule has 0 aromatic heterocycles. The smallest absolute Gasteiger partial charge is 0.408 e. The van der Waals surface area contributed by atoms with E-state index in [4.69, 9.17) is 9.47 Å². The van der Waals surface area contributed by atoms with Crippen molar-refractivity contribution in [1.82, 2.24) is 10.6 Å². The number of urea groups is 1. The molecule has 0 unspecified atom stereocenters. The number of esters is 1. The number of carbonyl (C=O) groups excluding carboxylic acids is 4. The van der Waals surface area contributed by atoms with E-state index in [0.29, 0.717) is 16.9 Å². The maximum Gasteiger partial charge on any atom is 0.408 e. The van der Waals surface area contributed by atoms with Crippen LogP contribution in [0.2, 0.25) is 0 Å². The number of nitrogens with zero attached hydrogens (tertiary/aromatic N) is 1. The van der Waals surface area contributed by atoms with E-state index >= 15 is 0 Å². The highest BCUT2D eigenvalue weighted by molar-refractivity contribution is 6.02. The molecule has 0 spiro atoms. The van der Waals surface area contributed by atoms with Crippen LogP contribution in [-0.2, 0) is 19.1 Å².